The lowest BCUT2D eigenvalue weighted by atomic mass is 10.1. The topological polar surface area (TPSA) is 94.4 Å². The molecule has 4 rings (SSSR count). The minimum absolute atomic E-state index is 0.134. The molecule has 11 heteroatoms. The first-order chi connectivity index (χ1) is 13.8. The lowest BCUT2D eigenvalue weighted by molar-refractivity contribution is -0.123. The van der Waals surface area contributed by atoms with Gasteiger partial charge < -0.3 is 5.32 Å². The molecule has 2 aromatic carbocycles. The molecule has 0 aliphatic carbocycles. The summed E-state index contributed by atoms with van der Waals surface area (Å²) in [5.74, 6) is -2.14. The van der Waals surface area contributed by atoms with Crippen LogP contribution in [0.4, 0.5) is 15.8 Å². The Morgan fingerprint density at radius 1 is 1.17 bits per heavy atom. The van der Waals surface area contributed by atoms with E-state index in [1.165, 1.54) is 17.1 Å². The summed E-state index contributed by atoms with van der Waals surface area (Å²) in [5, 5.41) is 11.3. The van der Waals surface area contributed by atoms with Gasteiger partial charge in [0.2, 0.25) is 5.91 Å². The predicted molar refractivity (Wildman–Crippen MR) is 106 cm³/mol. The van der Waals surface area contributed by atoms with Crippen LogP contribution in [0, 0.1) is 5.82 Å². The molecule has 2 heterocycles. The Morgan fingerprint density at radius 2 is 1.90 bits per heavy atom. The van der Waals surface area contributed by atoms with Crippen molar-refractivity contribution in [2.75, 3.05) is 16.8 Å². The summed E-state index contributed by atoms with van der Waals surface area (Å²) in [6.07, 6.45) is 0. The Kier molecular flexibility index (Phi) is 5.05. The van der Waals surface area contributed by atoms with Crippen LogP contribution in [0.5, 0.6) is 0 Å². The summed E-state index contributed by atoms with van der Waals surface area (Å²) in [5.41, 5.74) is 0.706. The lowest BCUT2D eigenvalue weighted by Crippen LogP contribution is -2.43. The van der Waals surface area contributed by atoms with Crippen molar-refractivity contribution in [1.82, 2.24) is 5.01 Å². The quantitative estimate of drug-likeness (QED) is 0.680. The highest BCUT2D eigenvalue weighted by Crippen LogP contribution is 2.32. The smallest absolute Gasteiger partial charge is 0.263 e. The van der Waals surface area contributed by atoms with Crippen molar-refractivity contribution >= 4 is 56.6 Å². The number of hydrogen-bond acceptors (Lipinski definition) is 6. The van der Waals surface area contributed by atoms with Gasteiger partial charge in [-0.25, -0.2) is 9.29 Å². The van der Waals surface area contributed by atoms with Gasteiger partial charge in [0.05, 0.1) is 10.7 Å². The second-order valence-corrected chi connectivity index (χ2v) is 7.68. The predicted octanol–water partition coefficient (Wildman–Crippen LogP) is 3.17. The number of hydrogen-bond donors (Lipinski definition) is 1. The van der Waals surface area contributed by atoms with E-state index in [-0.39, 0.29) is 11.6 Å². The minimum atomic E-state index is -1.00. The van der Waals surface area contributed by atoms with Crippen LogP contribution in [0.1, 0.15) is 0 Å². The summed E-state index contributed by atoms with van der Waals surface area (Å²) in [6, 6.07) is 8.44. The van der Waals surface area contributed by atoms with Gasteiger partial charge in [0.15, 0.2) is 12.1 Å². The molecular weight excluding hydrogens is 469 g/mol. The molecule has 29 heavy (non-hydrogen) atoms. The van der Waals surface area contributed by atoms with Crippen molar-refractivity contribution in [3.8, 4) is 0 Å². The first kappa shape index (κ1) is 19.5. The zero-order valence-electron chi connectivity index (χ0n) is 14.6. The SMILES string of the molecule is O=C(CN1N=N[C@H]2C(=O)N(c3ccc(Br)cc3)C(=O)[C@H]21)Nc1ccc(F)c(Cl)c1. The fraction of sp³-hybridized carbons (Fsp3) is 0.167. The normalized spacial score (nSPS) is 20.4. The molecule has 0 aromatic heterocycles. The van der Waals surface area contributed by atoms with E-state index >= 15 is 0 Å². The third kappa shape index (κ3) is 3.60. The number of rotatable bonds is 4. The Bertz CT molecular complexity index is 1050. The van der Waals surface area contributed by atoms with Crippen LogP contribution in [0.25, 0.3) is 0 Å². The van der Waals surface area contributed by atoms with E-state index in [4.69, 9.17) is 11.6 Å². The van der Waals surface area contributed by atoms with Gasteiger partial charge in [-0.1, -0.05) is 32.8 Å². The first-order valence-electron chi connectivity index (χ1n) is 8.41. The largest absolute Gasteiger partial charge is 0.324 e. The number of amides is 3. The molecule has 1 fully saturated rings. The van der Waals surface area contributed by atoms with E-state index in [0.717, 1.165) is 15.4 Å². The third-order valence-electron chi connectivity index (χ3n) is 4.45. The molecule has 1 N–H and O–H groups in total. The van der Waals surface area contributed by atoms with Crippen LogP contribution in [-0.2, 0) is 14.4 Å². The summed E-state index contributed by atoms with van der Waals surface area (Å²) in [4.78, 5) is 38.9. The molecule has 148 valence electrons. The highest BCUT2D eigenvalue weighted by atomic mass is 79.9. The first-order valence-corrected chi connectivity index (χ1v) is 9.58. The number of halogens is 3. The van der Waals surface area contributed by atoms with E-state index < -0.39 is 35.6 Å². The molecule has 3 amide bonds. The molecule has 8 nitrogen and oxygen atoms in total. The molecule has 0 radical (unpaired) electrons. The maximum atomic E-state index is 13.2. The number of carbonyl (C=O) groups is 3. The van der Waals surface area contributed by atoms with Gasteiger partial charge in [-0.2, -0.15) is 5.11 Å². The second kappa shape index (κ2) is 7.53. The van der Waals surface area contributed by atoms with E-state index in [2.05, 4.69) is 31.6 Å². The highest BCUT2D eigenvalue weighted by Gasteiger charge is 2.55. The molecule has 1 saturated heterocycles. The number of fused-ring (bicyclic) bond motifs is 1. The number of benzene rings is 2. The van der Waals surface area contributed by atoms with Gasteiger partial charge in [0.1, 0.15) is 12.4 Å². The Morgan fingerprint density at radius 3 is 2.59 bits per heavy atom. The zero-order chi connectivity index (χ0) is 20.7. The summed E-state index contributed by atoms with van der Waals surface area (Å²) in [7, 11) is 0. The van der Waals surface area contributed by atoms with Crippen LogP contribution in [0.15, 0.2) is 57.3 Å². The molecule has 0 bridgehead atoms. The zero-order valence-corrected chi connectivity index (χ0v) is 16.9. The molecule has 2 atom stereocenters. The minimum Gasteiger partial charge on any atom is -0.324 e. The Balaban J connectivity index is 1.48. The van der Waals surface area contributed by atoms with Gasteiger partial charge >= 0.3 is 0 Å². The standard InChI is InChI=1S/C18H12BrClFN5O3/c19-9-1-4-11(5-2-9)26-17(28)15-16(18(26)29)25(24-23-15)8-14(27)22-10-3-6-13(21)12(20)7-10/h1-7,15-16H,8H2,(H,22,27)/t15-,16+/m1/s1. The number of nitrogens with zero attached hydrogens (tertiary/aromatic N) is 4. The van der Waals surface area contributed by atoms with E-state index in [1.807, 2.05) is 0 Å². The summed E-state index contributed by atoms with van der Waals surface area (Å²) >= 11 is 9.00. The van der Waals surface area contributed by atoms with Crippen LogP contribution >= 0.6 is 27.5 Å². The number of imide groups is 1. The Hall–Kier alpha value is -2.85. The molecule has 0 spiro atoms. The number of nitrogens with one attached hydrogen (secondary N) is 1. The van der Waals surface area contributed by atoms with Gasteiger partial charge in [-0.05, 0) is 42.5 Å². The molecule has 0 saturated carbocycles. The van der Waals surface area contributed by atoms with Crippen molar-refractivity contribution in [1.29, 1.82) is 0 Å². The Labute approximate surface area is 177 Å². The molecule has 2 aliphatic heterocycles. The van der Waals surface area contributed by atoms with E-state index in [9.17, 15) is 18.8 Å². The van der Waals surface area contributed by atoms with Crippen molar-refractivity contribution < 1.29 is 18.8 Å². The number of carbonyl (C=O) groups excluding carboxylic acids is 3. The highest BCUT2D eigenvalue weighted by molar-refractivity contribution is 9.10. The fourth-order valence-corrected chi connectivity index (χ4v) is 3.56. The number of anilines is 2. The van der Waals surface area contributed by atoms with Crippen LogP contribution in [0.2, 0.25) is 5.02 Å². The maximum Gasteiger partial charge on any atom is 0.263 e. The molecular formula is C18H12BrClFN5O3. The van der Waals surface area contributed by atoms with Gasteiger partial charge in [-0.3, -0.25) is 19.4 Å². The van der Waals surface area contributed by atoms with Gasteiger partial charge in [0, 0.05) is 10.2 Å². The fourth-order valence-electron chi connectivity index (χ4n) is 3.12. The summed E-state index contributed by atoms with van der Waals surface area (Å²) < 4.78 is 14.0. The van der Waals surface area contributed by atoms with Crippen LogP contribution in [0.3, 0.4) is 0 Å². The second-order valence-electron chi connectivity index (χ2n) is 6.36. The monoisotopic (exact) mass is 479 g/mol. The average Bonchev–Trinajstić information content (AvgIpc) is 3.19. The molecule has 0 unspecified atom stereocenters. The summed E-state index contributed by atoms with van der Waals surface area (Å²) in [6.45, 7) is -0.313. The van der Waals surface area contributed by atoms with Crippen LogP contribution in [-0.4, -0.2) is 41.4 Å². The van der Waals surface area contributed by atoms with E-state index in [0.29, 0.717) is 11.4 Å². The van der Waals surface area contributed by atoms with Crippen molar-refractivity contribution in [3.63, 3.8) is 0 Å². The van der Waals surface area contributed by atoms with E-state index in [1.54, 1.807) is 24.3 Å². The van der Waals surface area contributed by atoms with Crippen molar-refractivity contribution in [2.45, 2.75) is 12.1 Å². The molecule has 2 aliphatic rings. The lowest BCUT2D eigenvalue weighted by Gasteiger charge is -2.20. The molecule has 2 aromatic rings. The average molecular weight is 481 g/mol. The van der Waals surface area contributed by atoms with Gasteiger partial charge in [0.25, 0.3) is 11.8 Å². The van der Waals surface area contributed by atoms with Crippen molar-refractivity contribution in [3.05, 3.63) is 57.8 Å². The maximum absolute atomic E-state index is 13.2. The van der Waals surface area contributed by atoms with Gasteiger partial charge in [-0.15, -0.1) is 0 Å². The van der Waals surface area contributed by atoms with Crippen molar-refractivity contribution in [2.24, 2.45) is 10.3 Å². The third-order valence-corrected chi connectivity index (χ3v) is 5.27. The van der Waals surface area contributed by atoms with Crippen LogP contribution < -0.4 is 10.2 Å².